The van der Waals surface area contributed by atoms with Gasteiger partial charge in [-0.1, -0.05) is 16.5 Å². The topological polar surface area (TPSA) is 188 Å². The van der Waals surface area contributed by atoms with Crippen LogP contribution in [0.3, 0.4) is 0 Å². The fraction of sp³-hybridized carbons (Fsp3) is 0.350. The van der Waals surface area contributed by atoms with Gasteiger partial charge in [-0.05, 0) is 0 Å². The van der Waals surface area contributed by atoms with Crippen LogP contribution in [-0.2, 0) is 37.0 Å². The summed E-state index contributed by atoms with van der Waals surface area (Å²) in [7, 11) is 1.26. The number of hydrogen-bond donors (Lipinski definition) is 4. The molecule has 2 aliphatic heterocycles. The molecule has 0 saturated carbocycles. The number of carbonyl (C=O) groups is 4. The Morgan fingerprint density at radius 3 is 2.72 bits per heavy atom. The number of anilines is 1. The number of rotatable bonds is 9. The number of carbonyl (C=O) groups excluding carboxylic acids is 2. The average molecular weight is 554 g/mol. The molecular formula is C20H21N6O7S3+. The van der Waals surface area contributed by atoms with Crippen molar-refractivity contribution >= 4 is 69.0 Å². The fourth-order valence-corrected chi connectivity index (χ4v) is 6.69. The number of nitrogens with two attached hydrogens (primary N) is 1. The highest BCUT2D eigenvalue weighted by Gasteiger charge is 2.55. The van der Waals surface area contributed by atoms with Gasteiger partial charge < -0.3 is 26.1 Å². The fourth-order valence-electron chi connectivity index (χ4n) is 3.83. The third-order valence-electron chi connectivity index (χ3n) is 5.53. The Labute approximate surface area is 216 Å². The van der Waals surface area contributed by atoms with Crippen molar-refractivity contribution in [2.75, 3.05) is 18.6 Å². The van der Waals surface area contributed by atoms with Crippen LogP contribution in [0.25, 0.3) is 0 Å². The molecule has 13 nitrogen and oxygen atoms in total. The average Bonchev–Trinajstić information content (AvgIpc) is 3.40. The van der Waals surface area contributed by atoms with Gasteiger partial charge >= 0.3 is 11.9 Å². The maximum atomic E-state index is 13.0. The van der Waals surface area contributed by atoms with Gasteiger partial charge in [-0.15, -0.1) is 23.1 Å². The predicted molar refractivity (Wildman–Crippen MR) is 130 cm³/mol. The van der Waals surface area contributed by atoms with Crippen molar-refractivity contribution in [2.24, 2.45) is 5.16 Å². The van der Waals surface area contributed by atoms with Gasteiger partial charge in [0.25, 0.3) is 11.8 Å². The van der Waals surface area contributed by atoms with Crippen molar-refractivity contribution in [3.63, 3.8) is 0 Å². The van der Waals surface area contributed by atoms with Gasteiger partial charge in [-0.3, -0.25) is 19.3 Å². The standard InChI is InChI=1S/C20H20N6O7S3/c1-8-11(3-12(27)28)36-7-25(8)4-9-5-34-18-14(17(30)26(18)15(9)19(31)32)23-16(29)13(24-33-2)10-6-35-20(21)22-10/h6-7,14,18H,3-5H2,1-2H3,(H4-,21,22,23,27,28,29,31,32)/p+1/b24-13-/t14-,18-/m1/s1. The Morgan fingerprint density at radius 1 is 1.36 bits per heavy atom. The maximum absolute atomic E-state index is 13.0. The van der Waals surface area contributed by atoms with Gasteiger partial charge in [-0.2, -0.15) is 4.57 Å². The molecule has 36 heavy (non-hydrogen) atoms. The van der Waals surface area contributed by atoms with E-state index in [-0.39, 0.29) is 35.2 Å². The van der Waals surface area contributed by atoms with Crippen LogP contribution < -0.4 is 15.6 Å². The summed E-state index contributed by atoms with van der Waals surface area (Å²) in [6.07, 6.45) is -0.126. The van der Waals surface area contributed by atoms with Gasteiger partial charge in [0.05, 0.1) is 11.3 Å². The van der Waals surface area contributed by atoms with E-state index in [9.17, 15) is 24.3 Å². The molecule has 0 unspecified atom stereocenters. The molecule has 5 N–H and O–H groups in total. The third kappa shape index (κ3) is 4.78. The quantitative estimate of drug-likeness (QED) is 0.140. The van der Waals surface area contributed by atoms with Crippen LogP contribution in [0.15, 0.2) is 27.3 Å². The zero-order chi connectivity index (χ0) is 26.1. The van der Waals surface area contributed by atoms with Gasteiger partial charge in [0.1, 0.15) is 29.9 Å². The molecule has 1 fully saturated rings. The first-order valence-corrected chi connectivity index (χ1v) is 13.1. The molecule has 2 atom stereocenters. The highest BCUT2D eigenvalue weighted by Crippen LogP contribution is 2.40. The number of hydrogen-bond acceptors (Lipinski definition) is 11. The highest BCUT2D eigenvalue weighted by atomic mass is 32.2. The van der Waals surface area contributed by atoms with Crippen molar-refractivity contribution in [3.8, 4) is 0 Å². The molecule has 0 spiro atoms. The van der Waals surface area contributed by atoms with E-state index in [0.29, 0.717) is 16.2 Å². The molecule has 1 saturated heterocycles. The number of carboxylic acids is 2. The third-order valence-corrected chi connectivity index (χ3v) is 8.63. The number of fused-ring (bicyclic) bond motifs is 1. The maximum Gasteiger partial charge on any atom is 0.352 e. The summed E-state index contributed by atoms with van der Waals surface area (Å²) in [4.78, 5) is 59.6. The summed E-state index contributed by atoms with van der Waals surface area (Å²) in [5, 5.41) is 26.4. The monoisotopic (exact) mass is 553 g/mol. The van der Waals surface area contributed by atoms with Crippen LogP contribution in [0, 0.1) is 6.92 Å². The molecule has 0 bridgehead atoms. The summed E-state index contributed by atoms with van der Waals surface area (Å²) in [6, 6.07) is -0.964. The summed E-state index contributed by atoms with van der Waals surface area (Å²) in [6.45, 7) is 1.96. The minimum atomic E-state index is -1.26. The number of thioether (sulfide) groups is 1. The first-order valence-electron chi connectivity index (χ1n) is 10.3. The summed E-state index contributed by atoms with van der Waals surface area (Å²) < 4.78 is 1.78. The summed E-state index contributed by atoms with van der Waals surface area (Å²) in [5.41, 5.74) is 8.50. The van der Waals surface area contributed by atoms with Crippen LogP contribution in [0.5, 0.6) is 0 Å². The van der Waals surface area contributed by atoms with Crippen molar-refractivity contribution in [1.82, 2.24) is 15.2 Å². The lowest BCUT2D eigenvalue weighted by Gasteiger charge is -2.49. The van der Waals surface area contributed by atoms with Gasteiger partial charge in [-0.25, -0.2) is 9.78 Å². The van der Waals surface area contributed by atoms with E-state index >= 15 is 0 Å². The number of aliphatic carboxylic acids is 2. The van der Waals surface area contributed by atoms with Crippen LogP contribution in [-0.4, -0.2) is 73.8 Å². The van der Waals surface area contributed by atoms with Gasteiger partial charge in [0, 0.05) is 23.6 Å². The van der Waals surface area contributed by atoms with Crippen molar-refractivity contribution in [2.45, 2.75) is 31.3 Å². The van der Waals surface area contributed by atoms with E-state index in [2.05, 4.69) is 15.5 Å². The van der Waals surface area contributed by atoms with E-state index in [1.165, 1.54) is 40.5 Å². The van der Waals surface area contributed by atoms with E-state index < -0.39 is 35.2 Å². The number of β-lactam (4-membered cyclic amide) rings is 1. The molecule has 0 aromatic carbocycles. The number of nitrogens with one attached hydrogen (secondary N) is 1. The normalized spacial score (nSPS) is 19.6. The Morgan fingerprint density at radius 2 is 2.11 bits per heavy atom. The van der Waals surface area contributed by atoms with Crippen LogP contribution >= 0.6 is 34.4 Å². The molecule has 16 heteroatoms. The predicted octanol–water partition coefficient (Wildman–Crippen LogP) is -0.201. The SMILES string of the molecule is CO/N=C(\C(=O)N[C@@H]1C(=O)N2C(C(=O)O)=C(C[n+]3csc(CC(=O)O)c3C)CS[C@H]12)c1csc(N)n1. The molecule has 2 amide bonds. The number of amides is 2. The number of carboxylic acid groups (broad SMARTS) is 2. The van der Waals surface area contributed by atoms with Crippen molar-refractivity contribution in [3.05, 3.63) is 38.4 Å². The Balaban J connectivity index is 1.53. The Kier molecular flexibility index (Phi) is 7.28. The zero-order valence-corrected chi connectivity index (χ0v) is 21.4. The molecule has 0 aliphatic carbocycles. The first kappa shape index (κ1) is 25.6. The second kappa shape index (κ2) is 10.2. The van der Waals surface area contributed by atoms with Crippen molar-refractivity contribution in [1.29, 1.82) is 0 Å². The molecule has 2 aromatic heterocycles. The number of aromatic nitrogens is 2. The minimum absolute atomic E-state index is 0.126. The molecular weight excluding hydrogens is 532 g/mol. The van der Waals surface area contributed by atoms with Gasteiger partial charge in [0.15, 0.2) is 23.1 Å². The second-order valence-corrected chi connectivity index (χ2v) is 10.7. The molecule has 0 radical (unpaired) electrons. The summed E-state index contributed by atoms with van der Waals surface area (Å²) in [5.74, 6) is -3.18. The zero-order valence-electron chi connectivity index (χ0n) is 19.0. The molecule has 4 heterocycles. The van der Waals surface area contributed by atoms with Crippen LogP contribution in [0.4, 0.5) is 5.13 Å². The van der Waals surface area contributed by atoms with E-state index in [0.717, 1.165) is 17.0 Å². The molecule has 2 aromatic rings. The lowest BCUT2D eigenvalue weighted by atomic mass is 10.0. The summed E-state index contributed by atoms with van der Waals surface area (Å²) >= 11 is 3.71. The highest BCUT2D eigenvalue weighted by molar-refractivity contribution is 8.00. The minimum Gasteiger partial charge on any atom is -0.481 e. The lowest BCUT2D eigenvalue weighted by molar-refractivity contribution is -0.690. The Bertz CT molecular complexity index is 1320. The van der Waals surface area contributed by atoms with E-state index in [4.69, 9.17) is 15.7 Å². The second-order valence-electron chi connectivity index (χ2n) is 7.74. The number of thiazole rings is 2. The number of nitrogens with zero attached hydrogens (tertiary/aromatic N) is 4. The van der Waals surface area contributed by atoms with Gasteiger partial charge in [0.2, 0.25) is 5.51 Å². The van der Waals surface area contributed by atoms with E-state index in [1.54, 1.807) is 17.0 Å². The molecule has 190 valence electrons. The first-order chi connectivity index (χ1) is 17.1. The number of oxime groups is 1. The smallest absolute Gasteiger partial charge is 0.352 e. The van der Waals surface area contributed by atoms with Crippen LogP contribution in [0.2, 0.25) is 0 Å². The molecule has 2 aliphatic rings. The number of nitrogen functional groups attached to an aromatic ring is 1. The largest absolute Gasteiger partial charge is 0.481 e. The Hall–Kier alpha value is -3.50. The van der Waals surface area contributed by atoms with Crippen LogP contribution in [0.1, 0.15) is 16.3 Å². The lowest BCUT2D eigenvalue weighted by Crippen LogP contribution is -2.71. The van der Waals surface area contributed by atoms with E-state index in [1.807, 2.05) is 0 Å². The van der Waals surface area contributed by atoms with Crippen molar-refractivity contribution < 1.29 is 38.8 Å². The molecule has 4 rings (SSSR count).